The van der Waals surface area contributed by atoms with Gasteiger partial charge in [-0.25, -0.2) is 8.42 Å². The van der Waals surface area contributed by atoms with Gasteiger partial charge in [-0.15, -0.1) is 0 Å². The highest BCUT2D eigenvalue weighted by Gasteiger charge is 2.22. The molecule has 5 nitrogen and oxygen atoms in total. The summed E-state index contributed by atoms with van der Waals surface area (Å²) >= 11 is 0. The fourth-order valence-electron chi connectivity index (χ4n) is 2.75. The number of rotatable bonds is 5. The van der Waals surface area contributed by atoms with Crippen LogP contribution in [0.3, 0.4) is 0 Å². The first kappa shape index (κ1) is 16.3. The normalized spacial score (nSPS) is 17.7. The van der Waals surface area contributed by atoms with Gasteiger partial charge in [0.15, 0.2) is 9.84 Å². The number of benzene rings is 1. The first-order chi connectivity index (χ1) is 10.1. The Morgan fingerprint density at radius 2 is 1.90 bits per heavy atom. The van der Waals surface area contributed by atoms with Gasteiger partial charge < -0.3 is 15.5 Å². The van der Waals surface area contributed by atoms with E-state index in [1.165, 1.54) is 0 Å². The predicted molar refractivity (Wildman–Crippen MR) is 86.5 cm³/mol. The average Bonchev–Trinajstić information content (AvgIpc) is 2.73. The molecule has 6 heteroatoms. The highest BCUT2D eigenvalue weighted by atomic mass is 32.2. The number of anilines is 1. The maximum atomic E-state index is 12.3. The molecule has 0 radical (unpaired) electrons. The lowest BCUT2D eigenvalue weighted by molar-refractivity contribution is 0.302. The van der Waals surface area contributed by atoms with E-state index in [-0.39, 0.29) is 5.75 Å². The minimum atomic E-state index is -3.19. The third-order valence-electron chi connectivity index (χ3n) is 3.95. The lowest BCUT2D eigenvalue weighted by atomic mass is 10.2. The molecule has 0 bridgehead atoms. The van der Waals surface area contributed by atoms with Crippen molar-refractivity contribution in [3.05, 3.63) is 24.3 Å². The number of sulfone groups is 1. The Morgan fingerprint density at radius 1 is 1.14 bits per heavy atom. The van der Waals surface area contributed by atoms with Gasteiger partial charge in [0.05, 0.1) is 16.3 Å². The molecule has 21 heavy (non-hydrogen) atoms. The largest absolute Gasteiger partial charge is 0.369 e. The third kappa shape index (κ3) is 3.96. The lowest BCUT2D eigenvalue weighted by Crippen LogP contribution is -2.34. The summed E-state index contributed by atoms with van der Waals surface area (Å²) < 4.78 is 24.5. The van der Waals surface area contributed by atoms with Crippen molar-refractivity contribution in [1.29, 1.82) is 0 Å². The van der Waals surface area contributed by atoms with E-state index in [1.54, 1.807) is 19.1 Å². The van der Waals surface area contributed by atoms with E-state index in [1.807, 2.05) is 12.1 Å². The Balaban J connectivity index is 2.23. The SMILES string of the molecule is CCS(=O)(=O)c1ccccc1N1CCCN(CCN)CC1. The van der Waals surface area contributed by atoms with Gasteiger partial charge in [0.1, 0.15) is 0 Å². The number of hydrogen-bond acceptors (Lipinski definition) is 5. The molecular formula is C15H25N3O2S. The molecule has 0 spiro atoms. The fourth-order valence-corrected chi connectivity index (χ4v) is 3.87. The van der Waals surface area contributed by atoms with Gasteiger partial charge >= 0.3 is 0 Å². The molecule has 0 aliphatic carbocycles. The van der Waals surface area contributed by atoms with Gasteiger partial charge in [0.2, 0.25) is 0 Å². The number of nitrogens with two attached hydrogens (primary N) is 1. The van der Waals surface area contributed by atoms with Gasteiger partial charge in [0, 0.05) is 32.7 Å². The summed E-state index contributed by atoms with van der Waals surface area (Å²) in [5.41, 5.74) is 6.46. The zero-order valence-corrected chi connectivity index (χ0v) is 13.5. The van der Waals surface area contributed by atoms with Gasteiger partial charge in [-0.3, -0.25) is 0 Å². The molecule has 2 rings (SSSR count). The van der Waals surface area contributed by atoms with Gasteiger partial charge in [-0.2, -0.15) is 0 Å². The molecule has 0 atom stereocenters. The monoisotopic (exact) mass is 311 g/mol. The van der Waals surface area contributed by atoms with Crippen LogP contribution in [-0.2, 0) is 9.84 Å². The van der Waals surface area contributed by atoms with Crippen LogP contribution in [0.15, 0.2) is 29.2 Å². The molecule has 0 amide bonds. The van der Waals surface area contributed by atoms with Crippen molar-refractivity contribution in [1.82, 2.24) is 4.90 Å². The van der Waals surface area contributed by atoms with Crippen LogP contribution in [0.5, 0.6) is 0 Å². The summed E-state index contributed by atoms with van der Waals surface area (Å²) in [7, 11) is -3.19. The Hall–Kier alpha value is -1.11. The summed E-state index contributed by atoms with van der Waals surface area (Å²) in [5.74, 6) is 0.136. The Labute approximate surface area is 127 Å². The third-order valence-corrected chi connectivity index (χ3v) is 5.73. The van der Waals surface area contributed by atoms with Crippen LogP contribution in [0, 0.1) is 0 Å². The van der Waals surface area contributed by atoms with Gasteiger partial charge in [-0.1, -0.05) is 19.1 Å². The maximum absolute atomic E-state index is 12.3. The van der Waals surface area contributed by atoms with Crippen LogP contribution in [0.25, 0.3) is 0 Å². The van der Waals surface area contributed by atoms with Crippen LogP contribution >= 0.6 is 0 Å². The lowest BCUT2D eigenvalue weighted by Gasteiger charge is -2.25. The molecule has 1 aromatic carbocycles. The van der Waals surface area contributed by atoms with Crippen molar-refractivity contribution < 1.29 is 8.42 Å². The van der Waals surface area contributed by atoms with Gasteiger partial charge in [0.25, 0.3) is 0 Å². The van der Waals surface area contributed by atoms with E-state index in [0.29, 0.717) is 11.4 Å². The average molecular weight is 311 g/mol. The summed E-state index contributed by atoms with van der Waals surface area (Å²) in [6.07, 6.45) is 1.03. The standard InChI is InChI=1S/C15H25N3O2S/c1-2-21(19,20)15-7-4-3-6-14(15)18-10-5-9-17(11-8-16)12-13-18/h3-4,6-7H,2,5,8-13,16H2,1H3. The molecular weight excluding hydrogens is 286 g/mol. The molecule has 1 saturated heterocycles. The van der Waals surface area contributed by atoms with Crippen LogP contribution in [0.4, 0.5) is 5.69 Å². The quantitative estimate of drug-likeness (QED) is 0.877. The van der Waals surface area contributed by atoms with Crippen molar-refractivity contribution in [3.8, 4) is 0 Å². The van der Waals surface area contributed by atoms with Crippen LogP contribution in [0.1, 0.15) is 13.3 Å². The number of nitrogens with zero attached hydrogens (tertiary/aromatic N) is 2. The van der Waals surface area contributed by atoms with E-state index in [9.17, 15) is 8.42 Å². The Morgan fingerprint density at radius 3 is 2.62 bits per heavy atom. The maximum Gasteiger partial charge on any atom is 0.180 e. The van der Waals surface area contributed by atoms with E-state index in [2.05, 4.69) is 9.80 Å². The predicted octanol–water partition coefficient (Wildman–Crippen LogP) is 0.951. The molecule has 1 aromatic rings. The van der Waals surface area contributed by atoms with Crippen molar-refractivity contribution in [2.24, 2.45) is 5.73 Å². The van der Waals surface area contributed by atoms with E-state index < -0.39 is 9.84 Å². The topological polar surface area (TPSA) is 66.6 Å². The molecule has 1 aliphatic heterocycles. The van der Waals surface area contributed by atoms with Crippen LogP contribution in [0.2, 0.25) is 0 Å². The summed E-state index contributed by atoms with van der Waals surface area (Å²) in [4.78, 5) is 5.00. The molecule has 1 aliphatic rings. The Kier molecular flexibility index (Phi) is 5.61. The number of para-hydroxylation sites is 1. The number of hydrogen-bond donors (Lipinski definition) is 1. The molecule has 1 fully saturated rings. The van der Waals surface area contributed by atoms with Gasteiger partial charge in [-0.05, 0) is 25.1 Å². The first-order valence-corrected chi connectivity index (χ1v) is 9.23. The van der Waals surface area contributed by atoms with E-state index in [4.69, 9.17) is 5.73 Å². The zero-order chi connectivity index (χ0) is 15.3. The summed E-state index contributed by atoms with van der Waals surface area (Å²) in [5, 5.41) is 0. The van der Waals surface area contributed by atoms with Crippen LogP contribution in [-0.4, -0.2) is 58.3 Å². The molecule has 0 aromatic heterocycles. The molecule has 2 N–H and O–H groups in total. The van der Waals surface area contributed by atoms with Crippen molar-refractivity contribution in [2.75, 3.05) is 49.9 Å². The zero-order valence-electron chi connectivity index (χ0n) is 12.7. The van der Waals surface area contributed by atoms with E-state index >= 15 is 0 Å². The summed E-state index contributed by atoms with van der Waals surface area (Å²) in [6.45, 7) is 6.95. The highest BCUT2D eigenvalue weighted by molar-refractivity contribution is 7.91. The Bertz CT molecular complexity index is 560. The molecule has 0 unspecified atom stereocenters. The minimum Gasteiger partial charge on any atom is -0.369 e. The second-order valence-corrected chi connectivity index (χ2v) is 7.59. The molecule has 118 valence electrons. The minimum absolute atomic E-state index is 0.136. The smallest absolute Gasteiger partial charge is 0.180 e. The van der Waals surface area contributed by atoms with Crippen molar-refractivity contribution in [3.63, 3.8) is 0 Å². The molecule has 0 saturated carbocycles. The fraction of sp³-hybridized carbons (Fsp3) is 0.600. The molecule has 1 heterocycles. The van der Waals surface area contributed by atoms with Crippen LogP contribution < -0.4 is 10.6 Å². The second kappa shape index (κ2) is 7.24. The van der Waals surface area contributed by atoms with Crippen molar-refractivity contribution >= 4 is 15.5 Å². The van der Waals surface area contributed by atoms with Crippen molar-refractivity contribution in [2.45, 2.75) is 18.2 Å². The summed E-state index contributed by atoms with van der Waals surface area (Å²) in [6, 6.07) is 7.34. The highest BCUT2D eigenvalue weighted by Crippen LogP contribution is 2.26. The first-order valence-electron chi connectivity index (χ1n) is 7.57. The van der Waals surface area contributed by atoms with E-state index in [0.717, 1.165) is 44.8 Å². The second-order valence-electron chi connectivity index (χ2n) is 5.34.